The Balaban J connectivity index is 2.09. The molecule has 1 aromatic carbocycles. The molecular formula is C20H22BrNO6S. The van der Waals surface area contributed by atoms with Gasteiger partial charge in [-0.2, -0.15) is 0 Å². The van der Waals surface area contributed by atoms with Crippen LogP contribution in [0.25, 0.3) is 0 Å². The molecule has 0 radical (unpaired) electrons. The van der Waals surface area contributed by atoms with Crippen LogP contribution >= 0.6 is 27.7 Å². The summed E-state index contributed by atoms with van der Waals surface area (Å²) in [4.78, 5) is 37.3. The molecule has 1 aromatic rings. The maximum atomic E-state index is 12.7. The third kappa shape index (κ3) is 5.63. The first-order valence-electron chi connectivity index (χ1n) is 8.64. The molecule has 0 aliphatic carbocycles. The van der Waals surface area contributed by atoms with Gasteiger partial charge in [-0.25, -0.2) is 9.59 Å². The summed E-state index contributed by atoms with van der Waals surface area (Å²) in [5.74, 6) is -0.621. The predicted octanol–water partition coefficient (Wildman–Crippen LogP) is 3.38. The smallest absolute Gasteiger partial charge is 0.355 e. The molecule has 0 spiro atoms. The van der Waals surface area contributed by atoms with Crippen LogP contribution in [0.3, 0.4) is 0 Å². The predicted molar refractivity (Wildman–Crippen MR) is 113 cm³/mol. The fourth-order valence-electron chi connectivity index (χ4n) is 2.52. The molecule has 0 aromatic heterocycles. The largest absolute Gasteiger partial charge is 0.497 e. The summed E-state index contributed by atoms with van der Waals surface area (Å²) in [5.41, 5.74) is 1.65. The molecule has 9 heteroatoms. The van der Waals surface area contributed by atoms with E-state index in [1.807, 2.05) is 0 Å². The number of nitrogens with zero attached hydrogens (tertiary/aromatic N) is 1. The molecule has 1 aliphatic heterocycles. The van der Waals surface area contributed by atoms with Gasteiger partial charge in [-0.05, 0) is 42.5 Å². The average molecular weight is 484 g/mol. The quantitative estimate of drug-likeness (QED) is 0.242. The molecule has 156 valence electrons. The summed E-state index contributed by atoms with van der Waals surface area (Å²) >= 11 is 4.55. The molecule has 2 rings (SSSR count). The Hall–Kier alpha value is -2.26. The Morgan fingerprint density at radius 1 is 1.21 bits per heavy atom. The molecule has 2 atom stereocenters. The van der Waals surface area contributed by atoms with E-state index < -0.39 is 16.8 Å². The Kier molecular flexibility index (Phi) is 8.33. The molecule has 29 heavy (non-hydrogen) atoms. The van der Waals surface area contributed by atoms with E-state index in [4.69, 9.17) is 9.47 Å². The normalized spacial score (nSPS) is 18.2. The minimum absolute atomic E-state index is 0.0689. The maximum absolute atomic E-state index is 12.7. The van der Waals surface area contributed by atoms with Crippen molar-refractivity contribution in [1.29, 1.82) is 0 Å². The molecule has 2 unspecified atom stereocenters. The fraction of sp³-hybridized carbons (Fsp3) is 0.350. The van der Waals surface area contributed by atoms with Gasteiger partial charge in [0.2, 0.25) is 5.91 Å². The van der Waals surface area contributed by atoms with Crippen LogP contribution in [0.1, 0.15) is 19.4 Å². The first kappa shape index (κ1) is 23.0. The highest BCUT2D eigenvalue weighted by atomic mass is 79.9. The monoisotopic (exact) mass is 483 g/mol. The lowest BCUT2D eigenvalue weighted by Gasteiger charge is -2.44. The number of carbonyl (C=O) groups is 3. The van der Waals surface area contributed by atoms with Gasteiger partial charge in [0.15, 0.2) is 0 Å². The summed E-state index contributed by atoms with van der Waals surface area (Å²) in [6.45, 7) is 3.55. The number of likely N-dealkylation sites (tertiary alicyclic amines) is 1. The number of ether oxygens (including phenoxy) is 3. The van der Waals surface area contributed by atoms with Gasteiger partial charge in [0, 0.05) is 6.08 Å². The van der Waals surface area contributed by atoms with Crippen molar-refractivity contribution in [2.24, 2.45) is 0 Å². The van der Waals surface area contributed by atoms with Gasteiger partial charge in [-0.3, -0.25) is 9.69 Å². The molecule has 0 bridgehead atoms. The van der Waals surface area contributed by atoms with Gasteiger partial charge >= 0.3 is 11.9 Å². The summed E-state index contributed by atoms with van der Waals surface area (Å²) in [7, 11) is 2.86. The van der Waals surface area contributed by atoms with Crippen molar-refractivity contribution in [3.8, 4) is 5.75 Å². The van der Waals surface area contributed by atoms with E-state index in [2.05, 4.69) is 20.7 Å². The standard InChI is InChI=1S/C20H22BrNO6S/c1-12(2)17(20(25)28-11-13-5-7-14(26-3)8-6-13)22-18(24)16(21)19(22)29-10-9-15(23)27-4/h5-10,16,19H,11H2,1-4H3. The lowest BCUT2D eigenvalue weighted by molar-refractivity contribution is -0.149. The molecule has 1 heterocycles. The van der Waals surface area contributed by atoms with E-state index in [0.29, 0.717) is 11.3 Å². The average Bonchev–Trinajstić information content (AvgIpc) is 2.73. The lowest BCUT2D eigenvalue weighted by atomic mass is 10.1. The van der Waals surface area contributed by atoms with Gasteiger partial charge in [0.25, 0.3) is 0 Å². The van der Waals surface area contributed by atoms with E-state index in [9.17, 15) is 14.4 Å². The molecule has 1 fully saturated rings. The Labute approximate surface area is 182 Å². The zero-order chi connectivity index (χ0) is 21.6. The number of hydrogen-bond donors (Lipinski definition) is 0. The summed E-state index contributed by atoms with van der Waals surface area (Å²) in [5, 5.41) is 1.15. The minimum atomic E-state index is -0.587. The van der Waals surface area contributed by atoms with Crippen molar-refractivity contribution in [3.05, 3.63) is 52.6 Å². The maximum Gasteiger partial charge on any atom is 0.355 e. The van der Waals surface area contributed by atoms with Crippen molar-refractivity contribution in [1.82, 2.24) is 4.90 Å². The van der Waals surface area contributed by atoms with E-state index in [0.717, 1.165) is 5.56 Å². The second-order valence-corrected chi connectivity index (χ2v) is 8.25. The number of amides is 1. The number of hydrogen-bond acceptors (Lipinski definition) is 7. The van der Waals surface area contributed by atoms with E-state index >= 15 is 0 Å². The number of allylic oxidation sites excluding steroid dienone is 1. The molecular weight excluding hydrogens is 462 g/mol. The van der Waals surface area contributed by atoms with Gasteiger partial charge in [-0.1, -0.05) is 28.1 Å². The van der Waals surface area contributed by atoms with Crippen LogP contribution in [0, 0.1) is 0 Å². The topological polar surface area (TPSA) is 82.1 Å². The van der Waals surface area contributed by atoms with Crippen LogP contribution in [0.4, 0.5) is 0 Å². The number of carbonyl (C=O) groups excluding carboxylic acids is 3. The number of methoxy groups -OCH3 is 2. The number of thioether (sulfide) groups is 1. The first-order chi connectivity index (χ1) is 13.8. The van der Waals surface area contributed by atoms with Crippen LogP contribution in [0.5, 0.6) is 5.75 Å². The SMILES string of the molecule is COC(=O)C=CSC1C(Br)C(=O)N1C(C(=O)OCc1ccc(OC)cc1)=C(C)C. The minimum Gasteiger partial charge on any atom is -0.497 e. The molecule has 1 aliphatic rings. The number of alkyl halides is 1. The summed E-state index contributed by atoms with van der Waals surface area (Å²) < 4.78 is 15.1. The number of benzene rings is 1. The molecule has 1 saturated heterocycles. The second-order valence-electron chi connectivity index (χ2n) is 6.24. The van der Waals surface area contributed by atoms with E-state index in [1.165, 1.54) is 35.3 Å². The van der Waals surface area contributed by atoms with Crippen molar-refractivity contribution in [2.45, 2.75) is 30.7 Å². The highest BCUT2D eigenvalue weighted by molar-refractivity contribution is 9.10. The Bertz CT molecular complexity index is 832. The van der Waals surface area contributed by atoms with Crippen molar-refractivity contribution < 1.29 is 28.6 Å². The molecule has 0 saturated carbocycles. The number of rotatable bonds is 8. The first-order valence-corrected chi connectivity index (χ1v) is 10.5. The zero-order valence-electron chi connectivity index (χ0n) is 16.5. The highest BCUT2D eigenvalue weighted by Gasteiger charge is 2.49. The van der Waals surface area contributed by atoms with Crippen molar-refractivity contribution >= 4 is 45.5 Å². The van der Waals surface area contributed by atoms with Gasteiger partial charge in [0.05, 0.1) is 14.2 Å². The van der Waals surface area contributed by atoms with Crippen LogP contribution in [0.2, 0.25) is 0 Å². The fourth-order valence-corrected chi connectivity index (χ4v) is 4.29. The summed E-state index contributed by atoms with van der Waals surface area (Å²) in [6.07, 6.45) is 1.26. The molecule has 7 nitrogen and oxygen atoms in total. The highest BCUT2D eigenvalue weighted by Crippen LogP contribution is 2.39. The number of esters is 2. The third-order valence-corrected chi connectivity index (χ3v) is 6.34. The van der Waals surface area contributed by atoms with Gasteiger partial charge in [0.1, 0.15) is 28.3 Å². The lowest BCUT2D eigenvalue weighted by Crippen LogP contribution is -2.60. The van der Waals surface area contributed by atoms with Gasteiger partial charge < -0.3 is 14.2 Å². The number of β-lactam (4-membered cyclic amide) rings is 1. The zero-order valence-corrected chi connectivity index (χ0v) is 18.9. The van der Waals surface area contributed by atoms with E-state index in [1.54, 1.807) is 45.2 Å². The number of halogens is 1. The Morgan fingerprint density at radius 2 is 1.86 bits per heavy atom. The van der Waals surface area contributed by atoms with Crippen LogP contribution in [-0.4, -0.2) is 47.2 Å². The van der Waals surface area contributed by atoms with Crippen LogP contribution in [0.15, 0.2) is 47.0 Å². The van der Waals surface area contributed by atoms with Crippen LogP contribution in [-0.2, 0) is 30.5 Å². The molecule has 0 N–H and O–H groups in total. The van der Waals surface area contributed by atoms with Crippen molar-refractivity contribution in [2.75, 3.05) is 14.2 Å². The van der Waals surface area contributed by atoms with E-state index in [-0.39, 0.29) is 23.6 Å². The Morgan fingerprint density at radius 3 is 2.41 bits per heavy atom. The molecule has 1 amide bonds. The second kappa shape index (κ2) is 10.5. The van der Waals surface area contributed by atoms with Gasteiger partial charge in [-0.15, -0.1) is 11.8 Å². The third-order valence-electron chi connectivity index (χ3n) is 4.04. The van der Waals surface area contributed by atoms with Crippen molar-refractivity contribution in [3.63, 3.8) is 0 Å². The van der Waals surface area contributed by atoms with Crippen LogP contribution < -0.4 is 4.74 Å². The summed E-state index contributed by atoms with van der Waals surface area (Å²) in [6, 6.07) is 7.15.